The Kier molecular flexibility index (Phi) is 5.75. The van der Waals surface area contributed by atoms with Crippen LogP contribution >= 0.6 is 0 Å². The number of piperidine rings is 1. The number of pyridine rings is 1. The van der Waals surface area contributed by atoms with Crippen LogP contribution in [0, 0.1) is 0 Å². The Morgan fingerprint density at radius 1 is 1.11 bits per heavy atom. The molecule has 1 aliphatic heterocycles. The highest BCUT2D eigenvalue weighted by Crippen LogP contribution is 2.31. The topological polar surface area (TPSA) is 72.1 Å². The minimum absolute atomic E-state index is 0.124. The molecule has 1 saturated heterocycles. The number of hydrogen-bond donors (Lipinski definition) is 0. The van der Waals surface area contributed by atoms with Crippen LogP contribution in [0.15, 0.2) is 59.3 Å². The van der Waals surface area contributed by atoms with Crippen LogP contribution in [0.3, 0.4) is 0 Å². The van der Waals surface area contributed by atoms with Crippen LogP contribution in [0.1, 0.15) is 49.7 Å². The van der Waals surface area contributed by atoms with Crippen molar-refractivity contribution in [1.29, 1.82) is 0 Å². The van der Waals surface area contributed by atoms with E-state index in [-0.39, 0.29) is 11.9 Å². The van der Waals surface area contributed by atoms with Gasteiger partial charge in [0, 0.05) is 30.4 Å². The summed E-state index contributed by atoms with van der Waals surface area (Å²) in [4.78, 5) is 23.7. The second-order valence-corrected chi connectivity index (χ2v) is 7.10. The van der Waals surface area contributed by atoms with Crippen LogP contribution in [0.5, 0.6) is 0 Å². The van der Waals surface area contributed by atoms with Gasteiger partial charge in [-0.05, 0) is 44.2 Å². The summed E-state index contributed by atoms with van der Waals surface area (Å²) in [5, 5.41) is 4.12. The van der Waals surface area contributed by atoms with Gasteiger partial charge in [0.25, 0.3) is 0 Å². The lowest BCUT2D eigenvalue weighted by Crippen LogP contribution is -2.38. The lowest BCUT2D eigenvalue weighted by Gasteiger charge is -2.33. The minimum Gasteiger partial charge on any atom is -0.337 e. The molecule has 0 spiro atoms. The second kappa shape index (κ2) is 8.78. The van der Waals surface area contributed by atoms with E-state index >= 15 is 0 Å². The Morgan fingerprint density at radius 3 is 2.79 bits per heavy atom. The number of aromatic nitrogens is 3. The molecule has 0 saturated carbocycles. The smallest absolute Gasteiger partial charge is 0.249 e. The van der Waals surface area contributed by atoms with Crippen molar-refractivity contribution in [2.24, 2.45) is 0 Å². The number of benzene rings is 1. The SMILES string of the molecule is O=C(CCCc1ccccn1)N1CCCCC1c1nc(-c2ccccc2)no1. The maximum Gasteiger partial charge on any atom is 0.249 e. The highest BCUT2D eigenvalue weighted by atomic mass is 16.5. The highest BCUT2D eigenvalue weighted by molar-refractivity contribution is 5.76. The first-order valence-corrected chi connectivity index (χ1v) is 9.89. The number of aryl methyl sites for hydroxylation is 1. The summed E-state index contributed by atoms with van der Waals surface area (Å²) in [6, 6.07) is 15.5. The van der Waals surface area contributed by atoms with Crippen molar-refractivity contribution in [3.8, 4) is 11.4 Å². The molecule has 1 atom stereocenters. The van der Waals surface area contributed by atoms with Crippen LogP contribution in [0.2, 0.25) is 0 Å². The number of nitrogens with zero attached hydrogens (tertiary/aromatic N) is 4. The van der Waals surface area contributed by atoms with Crippen molar-refractivity contribution in [3.63, 3.8) is 0 Å². The fourth-order valence-corrected chi connectivity index (χ4v) is 3.67. The van der Waals surface area contributed by atoms with E-state index in [0.29, 0.717) is 18.1 Å². The summed E-state index contributed by atoms with van der Waals surface area (Å²) in [6.07, 6.45) is 6.84. The van der Waals surface area contributed by atoms with Gasteiger partial charge < -0.3 is 9.42 Å². The van der Waals surface area contributed by atoms with E-state index < -0.39 is 0 Å². The molecular formula is C22H24N4O2. The van der Waals surface area contributed by atoms with Crippen LogP contribution < -0.4 is 0 Å². The Bertz CT molecular complexity index is 895. The fourth-order valence-electron chi connectivity index (χ4n) is 3.67. The van der Waals surface area contributed by atoms with Crippen LogP contribution in [0.4, 0.5) is 0 Å². The minimum atomic E-state index is -0.124. The fraction of sp³-hybridized carbons (Fsp3) is 0.364. The summed E-state index contributed by atoms with van der Waals surface area (Å²) < 4.78 is 5.55. The molecule has 2 aromatic heterocycles. The molecule has 1 aromatic carbocycles. The zero-order valence-electron chi connectivity index (χ0n) is 15.8. The summed E-state index contributed by atoms with van der Waals surface area (Å²) in [6.45, 7) is 0.746. The number of carbonyl (C=O) groups is 1. The van der Waals surface area contributed by atoms with E-state index in [9.17, 15) is 4.79 Å². The van der Waals surface area contributed by atoms with Gasteiger partial charge in [-0.3, -0.25) is 9.78 Å². The molecule has 1 aliphatic rings. The molecule has 4 rings (SSSR count). The van der Waals surface area contributed by atoms with E-state index in [2.05, 4.69) is 15.1 Å². The quantitative estimate of drug-likeness (QED) is 0.644. The van der Waals surface area contributed by atoms with Crippen LogP contribution in [0.25, 0.3) is 11.4 Å². The van der Waals surface area contributed by atoms with Gasteiger partial charge in [-0.15, -0.1) is 0 Å². The van der Waals surface area contributed by atoms with E-state index in [1.807, 2.05) is 53.4 Å². The highest BCUT2D eigenvalue weighted by Gasteiger charge is 2.31. The number of rotatable bonds is 6. The third kappa shape index (κ3) is 4.27. The molecule has 0 radical (unpaired) electrons. The molecule has 3 heterocycles. The van der Waals surface area contributed by atoms with Gasteiger partial charge >= 0.3 is 0 Å². The maximum atomic E-state index is 12.9. The van der Waals surface area contributed by atoms with Crippen molar-refractivity contribution < 1.29 is 9.32 Å². The molecule has 6 heteroatoms. The number of hydrogen-bond acceptors (Lipinski definition) is 5. The predicted octanol–water partition coefficient (Wildman–Crippen LogP) is 4.21. The normalized spacial score (nSPS) is 16.9. The van der Waals surface area contributed by atoms with Crippen molar-refractivity contribution in [2.75, 3.05) is 6.54 Å². The first kappa shape index (κ1) is 18.3. The molecule has 1 fully saturated rings. The van der Waals surface area contributed by atoms with Crippen molar-refractivity contribution in [2.45, 2.75) is 44.6 Å². The molecular weight excluding hydrogens is 352 g/mol. The molecule has 0 bridgehead atoms. The zero-order valence-corrected chi connectivity index (χ0v) is 15.8. The molecule has 3 aromatic rings. The standard InChI is InChI=1S/C22H24N4O2/c27-20(14-8-12-18-11-4-6-15-23-18)26-16-7-5-13-19(26)22-24-21(25-28-22)17-9-2-1-3-10-17/h1-4,6,9-11,15,19H,5,7-8,12-14,16H2. The third-order valence-corrected chi connectivity index (χ3v) is 5.13. The third-order valence-electron chi connectivity index (χ3n) is 5.13. The van der Waals surface area contributed by atoms with Gasteiger partial charge in [0.1, 0.15) is 6.04 Å². The second-order valence-electron chi connectivity index (χ2n) is 7.10. The predicted molar refractivity (Wildman–Crippen MR) is 105 cm³/mol. The molecule has 0 aliphatic carbocycles. The number of amides is 1. The monoisotopic (exact) mass is 376 g/mol. The summed E-state index contributed by atoms with van der Waals surface area (Å²) in [7, 11) is 0. The largest absolute Gasteiger partial charge is 0.337 e. The zero-order chi connectivity index (χ0) is 19.2. The number of likely N-dealkylation sites (tertiary alicyclic amines) is 1. The Morgan fingerprint density at radius 2 is 1.96 bits per heavy atom. The number of carbonyl (C=O) groups excluding carboxylic acids is 1. The molecule has 6 nitrogen and oxygen atoms in total. The van der Waals surface area contributed by atoms with Crippen LogP contribution in [-0.4, -0.2) is 32.5 Å². The Labute approximate surface area is 164 Å². The van der Waals surface area contributed by atoms with Gasteiger partial charge in [0.05, 0.1) is 0 Å². The average molecular weight is 376 g/mol. The van der Waals surface area contributed by atoms with E-state index in [4.69, 9.17) is 4.52 Å². The summed E-state index contributed by atoms with van der Waals surface area (Å²) in [5.74, 6) is 1.26. The summed E-state index contributed by atoms with van der Waals surface area (Å²) in [5.41, 5.74) is 1.94. The van der Waals surface area contributed by atoms with Gasteiger partial charge in [0.15, 0.2) is 0 Å². The van der Waals surface area contributed by atoms with Gasteiger partial charge in [-0.1, -0.05) is 41.6 Å². The lowest BCUT2D eigenvalue weighted by atomic mass is 10.0. The van der Waals surface area contributed by atoms with Crippen LogP contribution in [-0.2, 0) is 11.2 Å². The van der Waals surface area contributed by atoms with Crippen molar-refractivity contribution >= 4 is 5.91 Å². The van der Waals surface area contributed by atoms with E-state index in [0.717, 1.165) is 49.9 Å². The van der Waals surface area contributed by atoms with Crippen molar-refractivity contribution in [1.82, 2.24) is 20.0 Å². The maximum absolute atomic E-state index is 12.9. The first-order valence-electron chi connectivity index (χ1n) is 9.89. The Hall–Kier alpha value is -3.02. The molecule has 0 N–H and O–H groups in total. The van der Waals surface area contributed by atoms with Gasteiger partial charge in [0.2, 0.25) is 17.6 Å². The first-order chi connectivity index (χ1) is 13.8. The van der Waals surface area contributed by atoms with Gasteiger partial charge in [-0.25, -0.2) is 0 Å². The molecule has 1 amide bonds. The molecule has 28 heavy (non-hydrogen) atoms. The molecule has 1 unspecified atom stereocenters. The molecule has 144 valence electrons. The lowest BCUT2D eigenvalue weighted by molar-refractivity contribution is -0.135. The van der Waals surface area contributed by atoms with Crippen molar-refractivity contribution in [3.05, 3.63) is 66.3 Å². The average Bonchev–Trinajstić information content (AvgIpc) is 3.25. The van der Waals surface area contributed by atoms with E-state index in [1.165, 1.54) is 0 Å². The van der Waals surface area contributed by atoms with E-state index in [1.54, 1.807) is 6.20 Å². The Balaban J connectivity index is 1.41. The van der Waals surface area contributed by atoms with Gasteiger partial charge in [-0.2, -0.15) is 4.98 Å². The summed E-state index contributed by atoms with van der Waals surface area (Å²) >= 11 is 0.